The third kappa shape index (κ3) is 3.80. The van der Waals surface area contributed by atoms with Crippen molar-refractivity contribution in [3.63, 3.8) is 0 Å². The molecule has 1 aromatic heterocycles. The Kier molecular flexibility index (Phi) is 5.19. The summed E-state index contributed by atoms with van der Waals surface area (Å²) in [5.74, 6) is 5.47. The van der Waals surface area contributed by atoms with Gasteiger partial charge in [0.2, 0.25) is 0 Å². The molecule has 1 heterocycles. The lowest BCUT2D eigenvalue weighted by molar-refractivity contribution is 0.157. The summed E-state index contributed by atoms with van der Waals surface area (Å²) in [6.45, 7) is 2.36. The smallest absolute Gasteiger partial charge is 0.155 e. The first-order valence-corrected chi connectivity index (χ1v) is 10.3. The first-order valence-electron chi connectivity index (χ1n) is 10.3. The molecule has 2 aliphatic rings. The third-order valence-electron chi connectivity index (χ3n) is 6.82. The molecule has 3 nitrogen and oxygen atoms in total. The fourth-order valence-electron chi connectivity index (χ4n) is 5.10. The molecular weight excluding hydrogens is 306 g/mol. The normalized spacial score (nSPS) is 30.3. The summed E-state index contributed by atoms with van der Waals surface area (Å²) in [6.07, 6.45) is 12.6. The van der Waals surface area contributed by atoms with Crippen LogP contribution in [-0.4, -0.2) is 15.2 Å². The molecule has 134 valence electrons. The maximum Gasteiger partial charge on any atom is 0.155 e. The van der Waals surface area contributed by atoms with Crippen LogP contribution in [0.5, 0.6) is 0 Å². The maximum absolute atomic E-state index is 4.80. The first kappa shape index (κ1) is 16.8. The molecule has 0 aliphatic heterocycles. The van der Waals surface area contributed by atoms with E-state index in [1.54, 1.807) is 0 Å². The summed E-state index contributed by atoms with van der Waals surface area (Å²) in [6, 6.07) is 10.3. The van der Waals surface area contributed by atoms with Gasteiger partial charge in [-0.05, 0) is 56.3 Å². The number of hydrogen-bond acceptors (Lipinski definition) is 2. The lowest BCUT2D eigenvalue weighted by atomic mass is 9.69. The van der Waals surface area contributed by atoms with E-state index in [4.69, 9.17) is 4.98 Å². The fraction of sp³-hybridized carbons (Fsp3) is 0.636. The van der Waals surface area contributed by atoms with Gasteiger partial charge in [0.05, 0.1) is 0 Å². The molecule has 1 aromatic carbocycles. The number of H-pyrrole nitrogens is 1. The molecule has 0 atom stereocenters. The molecule has 0 bridgehead atoms. The Morgan fingerprint density at radius 3 is 2.16 bits per heavy atom. The van der Waals surface area contributed by atoms with Crippen molar-refractivity contribution >= 4 is 0 Å². The third-order valence-corrected chi connectivity index (χ3v) is 6.82. The van der Waals surface area contributed by atoms with Gasteiger partial charge in [-0.2, -0.15) is 5.10 Å². The molecule has 0 radical (unpaired) electrons. The average Bonchev–Trinajstić information content (AvgIpc) is 3.19. The Morgan fingerprint density at radius 2 is 1.52 bits per heavy atom. The zero-order chi connectivity index (χ0) is 17.1. The number of hydrogen-bond donors (Lipinski definition) is 1. The number of rotatable bonds is 4. The van der Waals surface area contributed by atoms with Crippen LogP contribution in [0.15, 0.2) is 30.3 Å². The van der Waals surface area contributed by atoms with Crippen molar-refractivity contribution in [2.45, 2.75) is 70.6 Å². The minimum atomic E-state index is 0.553. The molecular formula is C22H31N3. The Labute approximate surface area is 151 Å². The lowest BCUT2D eigenvalue weighted by Crippen LogP contribution is -2.25. The van der Waals surface area contributed by atoms with Crippen molar-refractivity contribution in [2.24, 2.45) is 17.8 Å². The first-order chi connectivity index (χ1) is 12.3. The van der Waals surface area contributed by atoms with Gasteiger partial charge in [0.25, 0.3) is 0 Å². The van der Waals surface area contributed by atoms with E-state index in [-0.39, 0.29) is 0 Å². The summed E-state index contributed by atoms with van der Waals surface area (Å²) >= 11 is 0. The summed E-state index contributed by atoms with van der Waals surface area (Å²) in [5, 5.41) is 7.68. The molecule has 0 unspecified atom stereocenters. The van der Waals surface area contributed by atoms with Gasteiger partial charge in [-0.1, -0.05) is 56.5 Å². The van der Waals surface area contributed by atoms with E-state index in [1.807, 2.05) is 6.07 Å². The quantitative estimate of drug-likeness (QED) is 0.747. The van der Waals surface area contributed by atoms with Crippen molar-refractivity contribution in [2.75, 3.05) is 0 Å². The van der Waals surface area contributed by atoms with E-state index in [2.05, 4.69) is 41.4 Å². The number of aromatic nitrogens is 3. The van der Waals surface area contributed by atoms with E-state index in [1.165, 1.54) is 57.8 Å². The van der Waals surface area contributed by atoms with Crippen LogP contribution in [-0.2, 0) is 0 Å². The second-order valence-corrected chi connectivity index (χ2v) is 8.21. The van der Waals surface area contributed by atoms with Crippen LogP contribution in [0.4, 0.5) is 0 Å². The molecule has 1 N–H and O–H groups in total. The van der Waals surface area contributed by atoms with E-state index < -0.39 is 0 Å². The van der Waals surface area contributed by atoms with Crippen LogP contribution in [0.3, 0.4) is 0 Å². The summed E-state index contributed by atoms with van der Waals surface area (Å²) in [7, 11) is 0. The largest absolute Gasteiger partial charge is 0.259 e. The van der Waals surface area contributed by atoms with E-state index >= 15 is 0 Å². The number of nitrogens with zero attached hydrogens (tertiary/aromatic N) is 2. The molecule has 0 saturated heterocycles. The molecule has 2 aromatic rings. The highest BCUT2D eigenvalue weighted by atomic mass is 15.2. The van der Waals surface area contributed by atoms with E-state index in [0.717, 1.165) is 35.0 Å². The van der Waals surface area contributed by atoms with Gasteiger partial charge in [0.1, 0.15) is 0 Å². The Morgan fingerprint density at radius 1 is 0.880 bits per heavy atom. The summed E-state index contributed by atoms with van der Waals surface area (Å²) in [4.78, 5) is 4.80. The van der Waals surface area contributed by atoms with Gasteiger partial charge in [0, 0.05) is 11.5 Å². The molecule has 2 fully saturated rings. The molecule has 25 heavy (non-hydrogen) atoms. The number of benzene rings is 1. The Bertz CT molecular complexity index is 647. The molecule has 0 amide bonds. The van der Waals surface area contributed by atoms with Crippen LogP contribution in [0.1, 0.15) is 76.5 Å². The monoisotopic (exact) mass is 337 g/mol. The minimum absolute atomic E-state index is 0.553. The molecule has 2 aliphatic carbocycles. The van der Waals surface area contributed by atoms with Gasteiger partial charge >= 0.3 is 0 Å². The Hall–Kier alpha value is -1.64. The molecule has 2 saturated carbocycles. The highest BCUT2D eigenvalue weighted by molar-refractivity contribution is 5.53. The van der Waals surface area contributed by atoms with Crippen LogP contribution < -0.4 is 0 Å². The molecule has 4 rings (SSSR count). The van der Waals surface area contributed by atoms with Gasteiger partial charge in [-0.15, -0.1) is 0 Å². The molecule has 0 spiro atoms. The highest BCUT2D eigenvalue weighted by Gasteiger charge is 2.32. The number of nitrogens with one attached hydrogen (secondary N) is 1. The predicted molar refractivity (Wildman–Crippen MR) is 102 cm³/mol. The van der Waals surface area contributed by atoms with E-state index in [0.29, 0.717) is 5.92 Å². The second-order valence-electron chi connectivity index (χ2n) is 8.21. The van der Waals surface area contributed by atoms with Crippen LogP contribution in [0.25, 0.3) is 11.4 Å². The fourth-order valence-corrected chi connectivity index (χ4v) is 5.10. The average molecular weight is 338 g/mol. The van der Waals surface area contributed by atoms with Crippen LogP contribution >= 0.6 is 0 Å². The van der Waals surface area contributed by atoms with Crippen molar-refractivity contribution < 1.29 is 0 Å². The number of aromatic amines is 1. The van der Waals surface area contributed by atoms with Gasteiger partial charge in [-0.25, -0.2) is 4.98 Å². The maximum atomic E-state index is 4.80. The topological polar surface area (TPSA) is 41.6 Å². The van der Waals surface area contributed by atoms with Crippen molar-refractivity contribution in [1.29, 1.82) is 0 Å². The van der Waals surface area contributed by atoms with Crippen molar-refractivity contribution in [1.82, 2.24) is 15.2 Å². The minimum Gasteiger partial charge on any atom is -0.259 e. The zero-order valence-electron chi connectivity index (χ0n) is 15.5. The standard InChI is InChI=1S/C22H31N3/c1-2-16-8-10-17(11-9-16)18-12-14-20(15-13-18)22-23-21(24-25-22)19-6-4-3-5-7-19/h3-7,16-18,20H,2,8-15H2,1H3,(H,23,24,25). The van der Waals surface area contributed by atoms with Gasteiger partial charge in [-0.3, -0.25) is 5.10 Å². The summed E-state index contributed by atoms with van der Waals surface area (Å²) in [5.41, 5.74) is 1.13. The molecule has 3 heteroatoms. The summed E-state index contributed by atoms with van der Waals surface area (Å²) < 4.78 is 0. The van der Waals surface area contributed by atoms with Crippen molar-refractivity contribution in [3.05, 3.63) is 36.2 Å². The van der Waals surface area contributed by atoms with Crippen molar-refractivity contribution in [3.8, 4) is 11.4 Å². The van der Waals surface area contributed by atoms with Gasteiger partial charge in [0.15, 0.2) is 11.6 Å². The highest BCUT2D eigenvalue weighted by Crippen LogP contribution is 2.43. The van der Waals surface area contributed by atoms with Crippen LogP contribution in [0, 0.1) is 17.8 Å². The van der Waals surface area contributed by atoms with Gasteiger partial charge < -0.3 is 0 Å². The van der Waals surface area contributed by atoms with Crippen LogP contribution in [0.2, 0.25) is 0 Å². The Balaban J connectivity index is 1.33. The second kappa shape index (κ2) is 7.72. The predicted octanol–water partition coefficient (Wildman–Crippen LogP) is 5.96. The van der Waals surface area contributed by atoms with E-state index in [9.17, 15) is 0 Å². The zero-order valence-corrected chi connectivity index (χ0v) is 15.5. The lowest BCUT2D eigenvalue weighted by Gasteiger charge is -2.37. The SMILES string of the molecule is CCC1CCC(C2CCC(c3n[nH]c(-c4ccccc4)n3)CC2)CC1.